The van der Waals surface area contributed by atoms with E-state index in [4.69, 9.17) is 15.5 Å². The van der Waals surface area contributed by atoms with Crippen LogP contribution in [0.4, 0.5) is 5.82 Å². The molecule has 0 atom stereocenters. The largest absolute Gasteiger partial charge is 0.493 e. The molecule has 1 aliphatic heterocycles. The van der Waals surface area contributed by atoms with Gasteiger partial charge in [-0.25, -0.2) is 15.0 Å². The van der Waals surface area contributed by atoms with Gasteiger partial charge in [-0.3, -0.25) is 0 Å². The molecule has 0 bridgehead atoms. The maximum Gasteiger partial charge on any atom is 0.175 e. The highest BCUT2D eigenvalue weighted by atomic mass is 131. The van der Waals surface area contributed by atoms with Gasteiger partial charge in [-0.05, 0) is 45.7 Å². The molecule has 9 heteroatoms. The maximum absolute atomic E-state index is 6.07. The van der Waals surface area contributed by atoms with E-state index in [1.165, 1.54) is 15.5 Å². The van der Waals surface area contributed by atoms with Crippen molar-refractivity contribution in [3.05, 3.63) is 27.6 Å². The summed E-state index contributed by atoms with van der Waals surface area (Å²) in [7, 11) is 0. The predicted octanol–water partition coefficient (Wildman–Crippen LogP) is 3.73. The molecule has 4 rings (SSSR count). The number of aromatic nitrogens is 4. The van der Waals surface area contributed by atoms with Crippen molar-refractivity contribution in [2.75, 3.05) is 25.4 Å². The lowest BCUT2D eigenvalue weighted by atomic mass is 9.97. The molecule has 2 aromatic heterocycles. The molecule has 29 heavy (non-hydrogen) atoms. The fourth-order valence-electron chi connectivity index (χ4n) is 3.22. The third-order valence-electron chi connectivity index (χ3n) is 4.64. The van der Waals surface area contributed by atoms with E-state index in [1.54, 1.807) is 11.8 Å². The molecule has 0 saturated carbocycles. The summed E-state index contributed by atoms with van der Waals surface area (Å²) in [6.45, 7) is 9.94. The Balaban J connectivity index is 1.64. The van der Waals surface area contributed by atoms with Crippen LogP contribution in [0.2, 0.25) is 0 Å². The number of benzene rings is 1. The molecule has 0 saturated heterocycles. The van der Waals surface area contributed by atoms with Crippen LogP contribution in [0.25, 0.3) is 11.2 Å². The van der Waals surface area contributed by atoms with E-state index in [1.807, 2.05) is 0 Å². The standard InChI is InChI=1S/C20H25IN6OS/c1-20(2,3)10-23-5-6-27-18-16(17(22)24-11-25-18)26-19(27)29-15-9-14-12(4-7-28-14)8-13(15)21/h8-9,11,23H,4-7,10H2,1-3H3,(H2,22,24,25)/i21+4. The molecule has 154 valence electrons. The van der Waals surface area contributed by atoms with Crippen molar-refractivity contribution >= 4 is 51.3 Å². The molecule has 3 N–H and O–H groups in total. The topological polar surface area (TPSA) is 90.9 Å². The van der Waals surface area contributed by atoms with Crippen LogP contribution in [0.3, 0.4) is 0 Å². The van der Waals surface area contributed by atoms with E-state index in [0.29, 0.717) is 11.3 Å². The van der Waals surface area contributed by atoms with Gasteiger partial charge in [-0.1, -0.05) is 32.5 Å². The van der Waals surface area contributed by atoms with E-state index in [2.05, 4.69) is 75.3 Å². The van der Waals surface area contributed by atoms with Gasteiger partial charge in [0, 0.05) is 34.5 Å². The van der Waals surface area contributed by atoms with Crippen LogP contribution in [0, 0.1) is 8.99 Å². The number of hydrogen-bond donors (Lipinski definition) is 2. The summed E-state index contributed by atoms with van der Waals surface area (Å²) in [6.07, 6.45) is 2.47. The van der Waals surface area contributed by atoms with Gasteiger partial charge >= 0.3 is 0 Å². The number of fused-ring (bicyclic) bond motifs is 2. The van der Waals surface area contributed by atoms with Crippen molar-refractivity contribution in [1.29, 1.82) is 0 Å². The first kappa shape index (κ1) is 20.7. The second-order valence-electron chi connectivity index (χ2n) is 8.31. The van der Waals surface area contributed by atoms with Crippen LogP contribution >= 0.6 is 34.4 Å². The van der Waals surface area contributed by atoms with Crippen molar-refractivity contribution < 1.29 is 4.74 Å². The Morgan fingerprint density at radius 3 is 2.93 bits per heavy atom. The third kappa shape index (κ3) is 4.61. The molecule has 0 fully saturated rings. The summed E-state index contributed by atoms with van der Waals surface area (Å²) < 4.78 is 9.07. The molecule has 3 heterocycles. The van der Waals surface area contributed by atoms with Crippen LogP contribution in [-0.2, 0) is 13.0 Å². The number of nitrogen functional groups attached to an aromatic ring is 1. The average Bonchev–Trinajstić information content (AvgIpc) is 3.23. The summed E-state index contributed by atoms with van der Waals surface area (Å²) in [5.41, 5.74) is 9.00. The van der Waals surface area contributed by atoms with E-state index in [9.17, 15) is 0 Å². The molecule has 0 amide bonds. The summed E-state index contributed by atoms with van der Waals surface area (Å²) in [4.78, 5) is 14.5. The van der Waals surface area contributed by atoms with Crippen LogP contribution in [0.5, 0.6) is 5.75 Å². The number of nitrogens with one attached hydrogen (secondary N) is 1. The Bertz CT molecular complexity index is 1050. The van der Waals surface area contributed by atoms with Crippen molar-refractivity contribution in [3.8, 4) is 5.75 Å². The van der Waals surface area contributed by atoms with Gasteiger partial charge in [-0.15, -0.1) is 0 Å². The van der Waals surface area contributed by atoms with Gasteiger partial charge in [0.05, 0.1) is 6.61 Å². The van der Waals surface area contributed by atoms with E-state index >= 15 is 0 Å². The lowest BCUT2D eigenvalue weighted by molar-refractivity contribution is 0.356. The van der Waals surface area contributed by atoms with Crippen LogP contribution in [-0.4, -0.2) is 39.2 Å². The molecule has 0 aliphatic carbocycles. The highest BCUT2D eigenvalue weighted by Gasteiger charge is 2.20. The SMILES string of the molecule is CC(C)(C)CNCCn1c(Sc2cc3c(cc2[131I])CCO3)nc2c(N)ncnc21. The number of imidazole rings is 1. The smallest absolute Gasteiger partial charge is 0.175 e. The van der Waals surface area contributed by atoms with Crippen LogP contribution in [0.15, 0.2) is 28.5 Å². The zero-order valence-corrected chi connectivity index (χ0v) is 19.8. The first-order chi connectivity index (χ1) is 13.8. The fraction of sp³-hybridized carbons (Fsp3) is 0.450. The maximum atomic E-state index is 6.07. The first-order valence-corrected chi connectivity index (χ1v) is 11.5. The van der Waals surface area contributed by atoms with Gasteiger partial charge < -0.3 is 20.4 Å². The minimum atomic E-state index is 0.238. The second-order valence-corrected chi connectivity index (χ2v) is 10.5. The molecular weight excluding hydrogens is 503 g/mol. The van der Waals surface area contributed by atoms with E-state index < -0.39 is 0 Å². The number of ether oxygens (including phenoxy) is 1. The van der Waals surface area contributed by atoms with Gasteiger partial charge in [-0.2, -0.15) is 0 Å². The number of halogens is 1. The van der Waals surface area contributed by atoms with Gasteiger partial charge in [0.1, 0.15) is 12.1 Å². The number of anilines is 1. The van der Waals surface area contributed by atoms with E-state index in [0.717, 1.165) is 54.1 Å². The molecular formula is C20H25IN6OS. The number of hydrogen-bond acceptors (Lipinski definition) is 7. The monoisotopic (exact) mass is 528 g/mol. The Morgan fingerprint density at radius 1 is 1.31 bits per heavy atom. The summed E-state index contributed by atoms with van der Waals surface area (Å²) in [5, 5.41) is 4.39. The highest BCUT2D eigenvalue weighted by Crippen LogP contribution is 2.38. The van der Waals surface area contributed by atoms with Gasteiger partial charge in [0.15, 0.2) is 22.1 Å². The number of nitrogens with zero attached hydrogens (tertiary/aromatic N) is 4. The molecule has 1 aromatic carbocycles. The zero-order valence-electron chi connectivity index (χ0n) is 16.8. The van der Waals surface area contributed by atoms with Gasteiger partial charge in [0.25, 0.3) is 0 Å². The first-order valence-electron chi connectivity index (χ1n) is 9.62. The molecule has 7 nitrogen and oxygen atoms in total. The van der Waals surface area contributed by atoms with Crippen molar-refractivity contribution in [3.63, 3.8) is 0 Å². The molecule has 0 radical (unpaired) electrons. The summed E-state index contributed by atoms with van der Waals surface area (Å²) >= 11 is 4.00. The lowest BCUT2D eigenvalue weighted by Gasteiger charge is -2.19. The summed E-state index contributed by atoms with van der Waals surface area (Å²) in [5.74, 6) is 1.38. The summed E-state index contributed by atoms with van der Waals surface area (Å²) in [6, 6.07) is 4.32. The van der Waals surface area contributed by atoms with Crippen molar-refractivity contribution in [1.82, 2.24) is 24.8 Å². The Hall–Kier alpha value is -1.59. The highest BCUT2D eigenvalue weighted by molar-refractivity contribution is 14.1. The Labute approximate surface area is 188 Å². The molecule has 3 aromatic rings. The van der Waals surface area contributed by atoms with Crippen LogP contribution in [0.1, 0.15) is 26.3 Å². The molecule has 0 spiro atoms. The Morgan fingerprint density at radius 2 is 2.14 bits per heavy atom. The Kier molecular flexibility index (Phi) is 5.90. The fourth-order valence-corrected chi connectivity index (χ4v) is 5.03. The number of rotatable bonds is 6. The molecule has 0 unspecified atom stereocenters. The van der Waals surface area contributed by atoms with Crippen LogP contribution < -0.4 is 15.8 Å². The predicted molar refractivity (Wildman–Crippen MR) is 125 cm³/mol. The second kappa shape index (κ2) is 8.27. The minimum Gasteiger partial charge on any atom is -0.493 e. The minimum absolute atomic E-state index is 0.238. The number of nitrogens with two attached hydrogens (primary N) is 1. The van der Waals surface area contributed by atoms with Gasteiger partial charge in [0.2, 0.25) is 0 Å². The van der Waals surface area contributed by atoms with E-state index in [-0.39, 0.29) is 5.41 Å². The lowest BCUT2D eigenvalue weighted by Crippen LogP contribution is -2.29. The third-order valence-corrected chi connectivity index (χ3v) is 6.95. The van der Waals surface area contributed by atoms with Crippen molar-refractivity contribution in [2.24, 2.45) is 5.41 Å². The zero-order chi connectivity index (χ0) is 20.6. The quantitative estimate of drug-likeness (QED) is 0.372. The normalized spacial score (nSPS) is 13.7. The van der Waals surface area contributed by atoms with Crippen molar-refractivity contribution in [2.45, 2.75) is 43.8 Å². The average molecular weight is 528 g/mol. The molecule has 1 aliphatic rings.